The van der Waals surface area contributed by atoms with Crippen molar-refractivity contribution in [3.8, 4) is 36.0 Å². The van der Waals surface area contributed by atoms with Crippen molar-refractivity contribution in [3.05, 3.63) is 172 Å². The van der Waals surface area contributed by atoms with E-state index in [0.717, 1.165) is 40.7 Å². The molecule has 0 fully saturated rings. The van der Waals surface area contributed by atoms with Gasteiger partial charge in [0.25, 0.3) is 0 Å². The Labute approximate surface area is 350 Å². The largest absolute Gasteiger partial charge is 0.115 e. The Morgan fingerprint density at radius 1 is 0.481 bits per heavy atom. The lowest BCUT2D eigenvalue weighted by atomic mass is 9.99. The third kappa shape index (κ3) is 15.8. The van der Waals surface area contributed by atoms with Crippen LogP contribution >= 0.6 is 38.5 Å². The second-order valence-corrected chi connectivity index (χ2v) is 15.9. The Morgan fingerprint density at radius 3 is 1.20 bits per heavy atom. The number of hydrogen-bond donors (Lipinski definition) is 0. The van der Waals surface area contributed by atoms with Crippen molar-refractivity contribution in [2.45, 2.75) is 106 Å². The quantitative estimate of drug-likeness (QED) is 0.102. The van der Waals surface area contributed by atoms with Crippen LogP contribution in [-0.2, 0) is 19.3 Å². The van der Waals surface area contributed by atoms with Crippen LogP contribution in [0.25, 0.3) is 0 Å². The fraction of sp³-hybridized carbons (Fsp3) is 0.308. The molecular formula is C52H56BrI. The minimum Gasteiger partial charge on any atom is -0.115 e. The summed E-state index contributed by atoms with van der Waals surface area (Å²) in [5.41, 5.74) is 14.4. The number of hydrogen-bond acceptors (Lipinski definition) is 0. The first-order chi connectivity index (χ1) is 26.1. The minimum absolute atomic E-state index is 0.968. The van der Waals surface area contributed by atoms with Crippen LogP contribution in [0.1, 0.15) is 126 Å². The summed E-state index contributed by atoms with van der Waals surface area (Å²) in [6.07, 6.45) is 16.2. The highest BCUT2D eigenvalue weighted by Crippen LogP contribution is 2.21. The summed E-state index contributed by atoms with van der Waals surface area (Å²) in [5, 5.41) is 0. The van der Waals surface area contributed by atoms with E-state index in [4.69, 9.17) is 6.42 Å². The van der Waals surface area contributed by atoms with Gasteiger partial charge in [-0.05, 0) is 188 Å². The summed E-state index contributed by atoms with van der Waals surface area (Å²) in [5.74, 6) is 16.0. The van der Waals surface area contributed by atoms with Crippen molar-refractivity contribution in [2.75, 3.05) is 0 Å². The molecular weight excluding hydrogens is 831 g/mol. The van der Waals surface area contributed by atoms with E-state index in [2.05, 4.69) is 202 Å². The highest BCUT2D eigenvalue weighted by atomic mass is 127. The first kappa shape index (κ1) is 44.4. The Morgan fingerprint density at radius 2 is 0.833 bits per heavy atom. The Bertz CT molecular complexity index is 2020. The molecule has 5 rings (SSSR count). The van der Waals surface area contributed by atoms with Gasteiger partial charge in [0.05, 0.1) is 0 Å². The van der Waals surface area contributed by atoms with Crippen molar-refractivity contribution in [1.29, 1.82) is 0 Å². The highest BCUT2D eigenvalue weighted by molar-refractivity contribution is 14.1. The maximum Gasteiger partial charge on any atom is 0.0308 e. The van der Waals surface area contributed by atoms with Crippen molar-refractivity contribution in [3.63, 3.8) is 0 Å². The lowest BCUT2D eigenvalue weighted by Gasteiger charge is -2.05. The monoisotopic (exact) mass is 886 g/mol. The molecule has 0 amide bonds. The van der Waals surface area contributed by atoms with Gasteiger partial charge in [-0.15, -0.1) is 6.42 Å². The molecule has 0 aliphatic heterocycles. The summed E-state index contributed by atoms with van der Waals surface area (Å²) in [7, 11) is 0. The van der Waals surface area contributed by atoms with Crippen LogP contribution in [0, 0.1) is 67.3 Å². The smallest absolute Gasteiger partial charge is 0.0308 e. The molecule has 0 nitrogen and oxygen atoms in total. The number of unbranched alkanes of at least 4 members (excludes halogenated alkanes) is 3. The number of halogens is 2. The zero-order valence-corrected chi connectivity index (χ0v) is 37.2. The Kier molecular flexibility index (Phi) is 20.1. The first-order valence-corrected chi connectivity index (χ1v) is 21.2. The van der Waals surface area contributed by atoms with Crippen LogP contribution in [-0.4, -0.2) is 0 Å². The van der Waals surface area contributed by atoms with E-state index in [-0.39, 0.29) is 0 Å². The summed E-state index contributed by atoms with van der Waals surface area (Å²) < 4.78 is 2.53. The van der Waals surface area contributed by atoms with Crippen LogP contribution in [0.15, 0.2) is 102 Å². The average Bonchev–Trinajstić information content (AvgIpc) is 3.18. The topological polar surface area (TPSA) is 0 Å². The predicted octanol–water partition coefficient (Wildman–Crippen LogP) is 14.5. The van der Waals surface area contributed by atoms with Crippen LogP contribution in [0.2, 0.25) is 0 Å². The molecule has 0 saturated heterocycles. The third-order valence-corrected chi connectivity index (χ3v) is 11.3. The van der Waals surface area contributed by atoms with E-state index in [1.165, 1.54) is 91.9 Å². The second kappa shape index (κ2) is 24.4. The maximum atomic E-state index is 5.25. The van der Waals surface area contributed by atoms with E-state index >= 15 is 0 Å². The number of rotatable bonds is 9. The van der Waals surface area contributed by atoms with E-state index in [1.54, 1.807) is 0 Å². The van der Waals surface area contributed by atoms with Crippen LogP contribution in [0.4, 0.5) is 0 Å². The third-order valence-electron chi connectivity index (χ3n) is 9.10. The summed E-state index contributed by atoms with van der Waals surface area (Å²) >= 11 is 5.81. The summed E-state index contributed by atoms with van der Waals surface area (Å²) in [4.78, 5) is 0. The van der Waals surface area contributed by atoms with Crippen LogP contribution < -0.4 is 0 Å². The van der Waals surface area contributed by atoms with Crippen molar-refractivity contribution >= 4 is 38.5 Å². The van der Waals surface area contributed by atoms with Crippen LogP contribution in [0.3, 0.4) is 0 Å². The van der Waals surface area contributed by atoms with Crippen molar-refractivity contribution < 1.29 is 0 Å². The van der Waals surface area contributed by atoms with Gasteiger partial charge in [0, 0.05) is 35.9 Å². The molecule has 0 saturated carbocycles. The Balaban J connectivity index is 0.000000288. The highest BCUT2D eigenvalue weighted by Gasteiger charge is 2.03. The first-order valence-electron chi connectivity index (χ1n) is 19.4. The lowest BCUT2D eigenvalue weighted by Crippen LogP contribution is -1.91. The fourth-order valence-corrected chi connectivity index (χ4v) is 6.82. The second-order valence-electron chi connectivity index (χ2n) is 13.9. The lowest BCUT2D eigenvalue weighted by molar-refractivity contribution is 0.795. The van der Waals surface area contributed by atoms with Crippen molar-refractivity contribution in [2.24, 2.45) is 0 Å². The number of aryl methyl sites for hydroxylation is 7. The molecule has 0 aromatic heterocycles. The molecule has 0 unspecified atom stereocenters. The van der Waals surface area contributed by atoms with Gasteiger partial charge in [-0.3, -0.25) is 0 Å². The van der Waals surface area contributed by atoms with Gasteiger partial charge in [0.2, 0.25) is 0 Å². The van der Waals surface area contributed by atoms with Gasteiger partial charge in [0.15, 0.2) is 0 Å². The molecule has 0 aliphatic rings. The van der Waals surface area contributed by atoms with Gasteiger partial charge in [-0.25, -0.2) is 0 Å². The molecule has 0 spiro atoms. The van der Waals surface area contributed by atoms with E-state index < -0.39 is 0 Å². The maximum absolute atomic E-state index is 5.25. The number of benzene rings is 5. The predicted molar refractivity (Wildman–Crippen MR) is 247 cm³/mol. The van der Waals surface area contributed by atoms with Gasteiger partial charge in [-0.2, -0.15) is 0 Å². The summed E-state index contributed by atoms with van der Waals surface area (Å²) in [6.45, 7) is 15.2. The zero-order valence-electron chi connectivity index (χ0n) is 33.4. The van der Waals surface area contributed by atoms with E-state index in [1.807, 2.05) is 12.1 Å². The van der Waals surface area contributed by atoms with E-state index in [0.29, 0.717) is 0 Å². The summed E-state index contributed by atoms with van der Waals surface area (Å²) in [6, 6.07) is 34.1. The molecule has 0 bridgehead atoms. The molecule has 0 radical (unpaired) electrons. The normalized spacial score (nSPS) is 9.93. The zero-order chi connectivity index (χ0) is 39.3. The van der Waals surface area contributed by atoms with Gasteiger partial charge in [-0.1, -0.05) is 122 Å². The SMILES string of the molecule is C#Cc1ccc(CCCC)cc1.CCCCc1ccc(C#Cc2cc(C)c(C#Cc3ccc(CCCC)cc3)c(C)c2)cc1.Cc1cc(Br)cc(C)c1I. The molecule has 0 N–H and O–H groups in total. The number of terminal acetylenes is 1. The van der Waals surface area contributed by atoms with E-state index in [9.17, 15) is 0 Å². The molecule has 0 aliphatic carbocycles. The average molecular weight is 888 g/mol. The molecule has 0 atom stereocenters. The molecule has 5 aromatic rings. The Hall–Kier alpha value is -4.01. The molecule has 278 valence electrons. The molecule has 2 heteroatoms. The fourth-order valence-electron chi connectivity index (χ4n) is 5.82. The molecule has 5 aromatic carbocycles. The molecule has 0 heterocycles. The van der Waals surface area contributed by atoms with Gasteiger partial charge < -0.3 is 0 Å². The van der Waals surface area contributed by atoms with Gasteiger partial charge in [0.1, 0.15) is 0 Å². The van der Waals surface area contributed by atoms with Gasteiger partial charge >= 0.3 is 0 Å². The molecule has 54 heavy (non-hydrogen) atoms. The van der Waals surface area contributed by atoms with Crippen molar-refractivity contribution in [1.82, 2.24) is 0 Å². The standard InChI is InChI=1S/C32H34.C12H14.C8H8BrI/c1-5-7-9-27-11-15-29(16-12-27)19-20-31-23-25(3)32(26(4)24-31)22-21-30-17-13-28(14-18-30)10-8-6-2;1-3-5-6-12-9-7-11(4-2)8-10-12;1-5-3-7(9)4-6(2)8(5)10/h11-18,23-24H,5-10H2,1-4H3;2,7-10H,3,5-6H2,1H3;3-4H,1-2H3. The minimum atomic E-state index is 0.968. The van der Waals surface area contributed by atoms with Crippen LogP contribution in [0.5, 0.6) is 0 Å².